The van der Waals surface area contributed by atoms with E-state index in [2.05, 4.69) is 0 Å². The first-order valence-electron chi connectivity index (χ1n) is 3.53. The third-order valence-corrected chi connectivity index (χ3v) is 1.65. The number of hydrogen-bond donors (Lipinski definition) is 2. The summed E-state index contributed by atoms with van der Waals surface area (Å²) in [6.07, 6.45) is 0. The van der Waals surface area contributed by atoms with Gasteiger partial charge < -0.3 is 10.2 Å². The van der Waals surface area contributed by atoms with Gasteiger partial charge in [-0.05, 0) is 24.6 Å². The number of nitriles is 1. The van der Waals surface area contributed by atoms with Gasteiger partial charge in [0, 0.05) is 0 Å². The minimum absolute atomic E-state index is 0.0231. The van der Waals surface area contributed by atoms with Gasteiger partial charge in [-0.1, -0.05) is 0 Å². The van der Waals surface area contributed by atoms with Crippen molar-refractivity contribution in [3.63, 3.8) is 0 Å². The second-order valence-corrected chi connectivity index (χ2v) is 2.60. The minimum atomic E-state index is -1.16. The van der Waals surface area contributed by atoms with Crippen LogP contribution in [0.2, 0.25) is 0 Å². The Morgan fingerprint density at radius 1 is 1.54 bits per heavy atom. The number of rotatable bonds is 1. The number of aryl methyl sites for hydroxylation is 1. The summed E-state index contributed by atoms with van der Waals surface area (Å²) in [4.78, 5) is 10.7. The van der Waals surface area contributed by atoms with Crippen molar-refractivity contribution in [3.8, 4) is 11.8 Å². The zero-order chi connectivity index (χ0) is 10.0. The summed E-state index contributed by atoms with van der Waals surface area (Å²) in [6, 6.07) is 4.16. The number of carboxylic acids is 1. The molecule has 0 atom stereocenters. The summed E-state index contributed by atoms with van der Waals surface area (Å²) in [7, 11) is 0. The fourth-order valence-electron chi connectivity index (χ4n) is 1.14. The van der Waals surface area contributed by atoms with Crippen molar-refractivity contribution >= 4 is 5.97 Å². The Kier molecular flexibility index (Phi) is 2.20. The van der Waals surface area contributed by atoms with Crippen LogP contribution < -0.4 is 0 Å². The van der Waals surface area contributed by atoms with Crippen LogP contribution in [0.15, 0.2) is 12.1 Å². The highest BCUT2D eigenvalue weighted by molar-refractivity contribution is 5.92. The van der Waals surface area contributed by atoms with Gasteiger partial charge in [-0.15, -0.1) is 0 Å². The molecule has 0 amide bonds. The Morgan fingerprint density at radius 2 is 2.15 bits per heavy atom. The predicted octanol–water partition coefficient (Wildman–Crippen LogP) is 1.27. The van der Waals surface area contributed by atoms with Gasteiger partial charge in [-0.3, -0.25) is 0 Å². The van der Waals surface area contributed by atoms with Gasteiger partial charge in [-0.2, -0.15) is 5.26 Å². The van der Waals surface area contributed by atoms with Gasteiger partial charge >= 0.3 is 5.97 Å². The van der Waals surface area contributed by atoms with Crippen LogP contribution in [0.5, 0.6) is 5.75 Å². The molecular formula is C9H7NO3. The Morgan fingerprint density at radius 3 is 2.62 bits per heavy atom. The topological polar surface area (TPSA) is 81.3 Å². The van der Waals surface area contributed by atoms with Crippen LogP contribution in [-0.4, -0.2) is 16.2 Å². The van der Waals surface area contributed by atoms with Gasteiger partial charge in [0.15, 0.2) is 0 Å². The first-order chi connectivity index (χ1) is 6.06. The summed E-state index contributed by atoms with van der Waals surface area (Å²) >= 11 is 0. The molecule has 0 saturated heterocycles. The summed E-state index contributed by atoms with van der Waals surface area (Å²) < 4.78 is 0. The van der Waals surface area contributed by atoms with Crippen molar-refractivity contribution in [2.24, 2.45) is 0 Å². The van der Waals surface area contributed by atoms with Crippen LogP contribution in [0, 0.1) is 18.3 Å². The molecule has 0 heterocycles. The molecule has 0 bridgehead atoms. The first kappa shape index (κ1) is 9.07. The Bertz CT molecular complexity index is 404. The molecule has 2 N–H and O–H groups in total. The van der Waals surface area contributed by atoms with E-state index in [0.29, 0.717) is 5.56 Å². The number of carbonyl (C=O) groups is 1. The van der Waals surface area contributed by atoms with Crippen LogP contribution >= 0.6 is 0 Å². The number of phenolic OH excluding ortho intramolecular Hbond substituents is 1. The maximum absolute atomic E-state index is 10.7. The van der Waals surface area contributed by atoms with E-state index in [9.17, 15) is 4.79 Å². The SMILES string of the molecule is Cc1cc(O)cc(C#N)c1C(=O)O. The number of carboxylic acid groups (broad SMARTS) is 1. The van der Waals surface area contributed by atoms with Crippen LogP contribution in [0.25, 0.3) is 0 Å². The average molecular weight is 177 g/mol. The van der Waals surface area contributed by atoms with E-state index in [1.807, 2.05) is 0 Å². The lowest BCUT2D eigenvalue weighted by molar-refractivity contribution is 0.0696. The van der Waals surface area contributed by atoms with Crippen molar-refractivity contribution in [1.82, 2.24) is 0 Å². The third kappa shape index (κ3) is 1.59. The maximum atomic E-state index is 10.7. The first-order valence-corrected chi connectivity index (χ1v) is 3.53. The van der Waals surface area contributed by atoms with Crippen molar-refractivity contribution in [2.75, 3.05) is 0 Å². The molecule has 0 aliphatic rings. The Labute approximate surface area is 74.7 Å². The van der Waals surface area contributed by atoms with E-state index in [1.165, 1.54) is 13.0 Å². The molecule has 4 heteroatoms. The Balaban J connectivity index is 3.50. The highest BCUT2D eigenvalue weighted by Gasteiger charge is 2.13. The molecule has 0 fully saturated rings. The molecule has 0 aliphatic carbocycles. The summed E-state index contributed by atoms with van der Waals surface area (Å²) in [5.41, 5.74) is 0.300. The minimum Gasteiger partial charge on any atom is -0.508 e. The molecule has 13 heavy (non-hydrogen) atoms. The quantitative estimate of drug-likeness (QED) is 0.676. The second kappa shape index (κ2) is 3.15. The molecule has 1 aromatic rings. The molecule has 0 radical (unpaired) electrons. The zero-order valence-electron chi connectivity index (χ0n) is 6.90. The van der Waals surface area contributed by atoms with Gasteiger partial charge in [0.1, 0.15) is 11.8 Å². The van der Waals surface area contributed by atoms with E-state index in [1.54, 1.807) is 6.07 Å². The molecular weight excluding hydrogens is 170 g/mol. The number of aromatic hydroxyl groups is 1. The van der Waals surface area contributed by atoms with Crippen LogP contribution in [-0.2, 0) is 0 Å². The Hall–Kier alpha value is -2.02. The lowest BCUT2D eigenvalue weighted by Gasteiger charge is -2.03. The van der Waals surface area contributed by atoms with Crippen molar-refractivity contribution in [2.45, 2.75) is 6.92 Å². The standard InChI is InChI=1S/C9H7NO3/c1-5-2-7(11)3-6(4-10)8(5)9(12)13/h2-3,11H,1H3,(H,12,13). The average Bonchev–Trinajstić information content (AvgIpc) is 2.01. The summed E-state index contributed by atoms with van der Waals surface area (Å²) in [5.74, 6) is -1.26. The number of hydrogen-bond acceptors (Lipinski definition) is 3. The number of benzene rings is 1. The molecule has 0 saturated carbocycles. The van der Waals surface area contributed by atoms with Crippen molar-refractivity contribution in [1.29, 1.82) is 5.26 Å². The lowest BCUT2D eigenvalue weighted by atomic mass is 10.0. The zero-order valence-corrected chi connectivity index (χ0v) is 6.90. The second-order valence-electron chi connectivity index (χ2n) is 2.60. The molecule has 0 spiro atoms. The van der Waals surface area contributed by atoms with Crippen LogP contribution in [0.1, 0.15) is 21.5 Å². The molecule has 0 unspecified atom stereocenters. The highest BCUT2D eigenvalue weighted by Crippen LogP contribution is 2.20. The third-order valence-electron chi connectivity index (χ3n) is 1.65. The molecule has 1 rings (SSSR count). The fourth-order valence-corrected chi connectivity index (χ4v) is 1.14. The number of phenols is 1. The van der Waals surface area contributed by atoms with Gasteiger partial charge in [0.25, 0.3) is 0 Å². The van der Waals surface area contributed by atoms with E-state index in [4.69, 9.17) is 15.5 Å². The van der Waals surface area contributed by atoms with E-state index in [-0.39, 0.29) is 16.9 Å². The smallest absolute Gasteiger partial charge is 0.337 e. The molecule has 4 nitrogen and oxygen atoms in total. The van der Waals surface area contributed by atoms with Gasteiger partial charge in [0.05, 0.1) is 11.1 Å². The molecule has 66 valence electrons. The monoisotopic (exact) mass is 177 g/mol. The molecule has 0 aromatic heterocycles. The summed E-state index contributed by atoms with van der Waals surface area (Å²) in [6.45, 7) is 1.53. The number of nitrogens with zero attached hydrogens (tertiary/aromatic N) is 1. The van der Waals surface area contributed by atoms with Crippen LogP contribution in [0.4, 0.5) is 0 Å². The van der Waals surface area contributed by atoms with Crippen molar-refractivity contribution in [3.05, 3.63) is 28.8 Å². The van der Waals surface area contributed by atoms with E-state index < -0.39 is 5.97 Å². The largest absolute Gasteiger partial charge is 0.508 e. The predicted molar refractivity (Wildman–Crippen MR) is 44.5 cm³/mol. The number of aromatic carboxylic acids is 1. The molecule has 1 aromatic carbocycles. The van der Waals surface area contributed by atoms with E-state index in [0.717, 1.165) is 6.07 Å². The molecule has 0 aliphatic heterocycles. The summed E-state index contributed by atoms with van der Waals surface area (Å²) in [5, 5.41) is 26.4. The van der Waals surface area contributed by atoms with Gasteiger partial charge in [0.2, 0.25) is 0 Å². The van der Waals surface area contributed by atoms with Crippen molar-refractivity contribution < 1.29 is 15.0 Å². The highest BCUT2D eigenvalue weighted by atomic mass is 16.4. The van der Waals surface area contributed by atoms with Gasteiger partial charge in [-0.25, -0.2) is 4.79 Å². The maximum Gasteiger partial charge on any atom is 0.337 e. The fraction of sp³-hybridized carbons (Fsp3) is 0.111. The van der Waals surface area contributed by atoms with Crippen LogP contribution in [0.3, 0.4) is 0 Å². The van der Waals surface area contributed by atoms with E-state index >= 15 is 0 Å². The lowest BCUT2D eigenvalue weighted by Crippen LogP contribution is -2.02. The normalized spacial score (nSPS) is 9.23.